The SMILES string of the molecule is CSc1ccc(NC(=O)c2ccc(Cl)c(Cl)c2)cc1. The van der Waals surface area contributed by atoms with Gasteiger partial charge >= 0.3 is 0 Å². The van der Waals surface area contributed by atoms with Gasteiger partial charge in [0.05, 0.1) is 10.0 Å². The second kappa shape index (κ2) is 6.33. The van der Waals surface area contributed by atoms with Crippen LogP contribution in [0.5, 0.6) is 0 Å². The average molecular weight is 312 g/mol. The molecule has 0 fully saturated rings. The molecule has 0 radical (unpaired) electrons. The lowest BCUT2D eigenvalue weighted by Gasteiger charge is -2.06. The molecule has 1 amide bonds. The zero-order chi connectivity index (χ0) is 13.8. The van der Waals surface area contributed by atoms with Crippen molar-refractivity contribution < 1.29 is 4.79 Å². The quantitative estimate of drug-likeness (QED) is 0.811. The van der Waals surface area contributed by atoms with Crippen LogP contribution in [0.4, 0.5) is 5.69 Å². The first-order chi connectivity index (χ1) is 9.10. The van der Waals surface area contributed by atoms with Crippen LogP contribution in [0.3, 0.4) is 0 Å². The maximum atomic E-state index is 12.0. The first kappa shape index (κ1) is 14.3. The summed E-state index contributed by atoms with van der Waals surface area (Å²) in [6, 6.07) is 12.4. The Labute approximate surface area is 126 Å². The predicted molar refractivity (Wildman–Crippen MR) is 82.6 cm³/mol. The summed E-state index contributed by atoms with van der Waals surface area (Å²) >= 11 is 13.4. The van der Waals surface area contributed by atoms with Gasteiger partial charge in [0.15, 0.2) is 0 Å². The predicted octanol–water partition coefficient (Wildman–Crippen LogP) is 4.97. The summed E-state index contributed by atoms with van der Waals surface area (Å²) in [5, 5.41) is 3.61. The number of nitrogens with one attached hydrogen (secondary N) is 1. The van der Waals surface area contributed by atoms with Gasteiger partial charge in [0.1, 0.15) is 0 Å². The summed E-state index contributed by atoms with van der Waals surface area (Å²) in [7, 11) is 0. The maximum absolute atomic E-state index is 12.0. The van der Waals surface area contributed by atoms with Gasteiger partial charge in [0, 0.05) is 16.1 Å². The third-order valence-electron chi connectivity index (χ3n) is 2.53. The number of hydrogen-bond donors (Lipinski definition) is 1. The minimum absolute atomic E-state index is 0.213. The van der Waals surface area contributed by atoms with Crippen molar-refractivity contribution >= 4 is 46.6 Å². The lowest BCUT2D eigenvalue weighted by molar-refractivity contribution is 0.102. The molecule has 0 aromatic heterocycles. The van der Waals surface area contributed by atoms with Gasteiger partial charge in [-0.1, -0.05) is 23.2 Å². The van der Waals surface area contributed by atoms with Gasteiger partial charge in [0.2, 0.25) is 0 Å². The number of amides is 1. The number of hydrogen-bond acceptors (Lipinski definition) is 2. The molecule has 0 saturated carbocycles. The van der Waals surface area contributed by atoms with Crippen molar-refractivity contribution in [2.75, 3.05) is 11.6 Å². The van der Waals surface area contributed by atoms with E-state index in [4.69, 9.17) is 23.2 Å². The molecule has 0 atom stereocenters. The molecule has 0 bridgehead atoms. The summed E-state index contributed by atoms with van der Waals surface area (Å²) in [6.45, 7) is 0. The number of rotatable bonds is 3. The Balaban J connectivity index is 2.13. The highest BCUT2D eigenvalue weighted by atomic mass is 35.5. The van der Waals surface area contributed by atoms with Crippen molar-refractivity contribution in [3.63, 3.8) is 0 Å². The largest absolute Gasteiger partial charge is 0.322 e. The topological polar surface area (TPSA) is 29.1 Å². The number of carbonyl (C=O) groups excluding carboxylic acids is 1. The van der Waals surface area contributed by atoms with Gasteiger partial charge in [-0.25, -0.2) is 0 Å². The fraction of sp³-hybridized carbons (Fsp3) is 0.0714. The van der Waals surface area contributed by atoms with Crippen LogP contribution in [0.2, 0.25) is 10.0 Å². The van der Waals surface area contributed by atoms with Crippen LogP contribution in [-0.4, -0.2) is 12.2 Å². The molecular formula is C14H11Cl2NOS. The average Bonchev–Trinajstić information content (AvgIpc) is 2.42. The Morgan fingerprint density at radius 2 is 1.74 bits per heavy atom. The van der Waals surface area contributed by atoms with Gasteiger partial charge in [-0.05, 0) is 48.7 Å². The molecule has 0 saturated heterocycles. The molecule has 0 heterocycles. The van der Waals surface area contributed by atoms with Crippen molar-refractivity contribution in [2.24, 2.45) is 0 Å². The maximum Gasteiger partial charge on any atom is 0.255 e. The second-order valence-electron chi connectivity index (χ2n) is 3.81. The van der Waals surface area contributed by atoms with Crippen LogP contribution < -0.4 is 5.32 Å². The summed E-state index contributed by atoms with van der Waals surface area (Å²) in [6.07, 6.45) is 2.00. The van der Waals surface area contributed by atoms with E-state index in [0.29, 0.717) is 15.6 Å². The third kappa shape index (κ3) is 3.66. The number of thioether (sulfide) groups is 1. The zero-order valence-corrected chi connectivity index (χ0v) is 12.4. The highest BCUT2D eigenvalue weighted by Gasteiger charge is 2.08. The van der Waals surface area contributed by atoms with Crippen LogP contribution in [0.25, 0.3) is 0 Å². The first-order valence-electron chi connectivity index (χ1n) is 5.50. The molecule has 2 aromatic rings. The van der Waals surface area contributed by atoms with Gasteiger partial charge in [-0.15, -0.1) is 11.8 Å². The van der Waals surface area contributed by atoms with Crippen LogP contribution in [0.1, 0.15) is 10.4 Å². The molecule has 2 nitrogen and oxygen atoms in total. The van der Waals surface area contributed by atoms with E-state index < -0.39 is 0 Å². The van der Waals surface area contributed by atoms with Crippen LogP contribution in [-0.2, 0) is 0 Å². The fourth-order valence-corrected chi connectivity index (χ4v) is 2.22. The Morgan fingerprint density at radius 1 is 1.05 bits per heavy atom. The summed E-state index contributed by atoms with van der Waals surface area (Å²) in [4.78, 5) is 13.2. The number of anilines is 1. The standard InChI is InChI=1S/C14H11Cl2NOS/c1-19-11-5-3-10(4-6-11)17-14(18)9-2-7-12(15)13(16)8-9/h2-8H,1H3,(H,17,18). The summed E-state index contributed by atoms with van der Waals surface area (Å²) < 4.78 is 0. The number of benzene rings is 2. The molecule has 0 aliphatic carbocycles. The van der Waals surface area contributed by atoms with E-state index in [1.807, 2.05) is 30.5 Å². The van der Waals surface area contributed by atoms with Crippen molar-refractivity contribution in [2.45, 2.75) is 4.90 Å². The van der Waals surface area contributed by atoms with E-state index in [1.165, 1.54) is 0 Å². The van der Waals surface area contributed by atoms with Crippen molar-refractivity contribution in [1.29, 1.82) is 0 Å². The van der Waals surface area contributed by atoms with Crippen molar-refractivity contribution in [3.8, 4) is 0 Å². The van der Waals surface area contributed by atoms with Crippen LogP contribution >= 0.6 is 35.0 Å². The molecule has 0 unspecified atom stereocenters. The molecular weight excluding hydrogens is 301 g/mol. The molecule has 19 heavy (non-hydrogen) atoms. The molecule has 1 N–H and O–H groups in total. The van der Waals surface area contributed by atoms with Gasteiger partial charge in [0.25, 0.3) is 5.91 Å². The molecule has 98 valence electrons. The van der Waals surface area contributed by atoms with Crippen molar-refractivity contribution in [1.82, 2.24) is 0 Å². The van der Waals surface area contributed by atoms with E-state index in [2.05, 4.69) is 5.32 Å². The van der Waals surface area contributed by atoms with E-state index in [9.17, 15) is 4.79 Å². The van der Waals surface area contributed by atoms with E-state index in [-0.39, 0.29) is 5.91 Å². The summed E-state index contributed by atoms with van der Waals surface area (Å²) in [5.74, 6) is -0.213. The number of halogens is 2. The van der Waals surface area contributed by atoms with Crippen LogP contribution in [0, 0.1) is 0 Å². The highest BCUT2D eigenvalue weighted by molar-refractivity contribution is 7.98. The Hall–Kier alpha value is -1.16. The third-order valence-corrected chi connectivity index (χ3v) is 4.01. The Bertz CT molecular complexity index is 599. The lowest BCUT2D eigenvalue weighted by atomic mass is 10.2. The molecule has 2 aromatic carbocycles. The number of carbonyl (C=O) groups is 1. The second-order valence-corrected chi connectivity index (χ2v) is 5.51. The molecule has 5 heteroatoms. The van der Waals surface area contributed by atoms with Gasteiger partial charge < -0.3 is 5.32 Å². The van der Waals surface area contributed by atoms with E-state index >= 15 is 0 Å². The minimum Gasteiger partial charge on any atom is -0.322 e. The van der Waals surface area contributed by atoms with Gasteiger partial charge in [-0.3, -0.25) is 4.79 Å². The van der Waals surface area contributed by atoms with Gasteiger partial charge in [-0.2, -0.15) is 0 Å². The fourth-order valence-electron chi connectivity index (χ4n) is 1.51. The Kier molecular flexibility index (Phi) is 4.75. The van der Waals surface area contributed by atoms with Crippen molar-refractivity contribution in [3.05, 3.63) is 58.1 Å². The van der Waals surface area contributed by atoms with Crippen LogP contribution in [0.15, 0.2) is 47.4 Å². The highest BCUT2D eigenvalue weighted by Crippen LogP contribution is 2.23. The molecule has 0 aliphatic rings. The molecule has 0 spiro atoms. The molecule has 0 aliphatic heterocycles. The lowest BCUT2D eigenvalue weighted by Crippen LogP contribution is -2.11. The zero-order valence-electron chi connectivity index (χ0n) is 10.1. The molecule has 2 rings (SSSR count). The summed E-state index contributed by atoms with van der Waals surface area (Å²) in [5.41, 5.74) is 1.22. The van der Waals surface area contributed by atoms with E-state index in [0.717, 1.165) is 10.6 Å². The normalized spacial score (nSPS) is 10.3. The smallest absolute Gasteiger partial charge is 0.255 e. The Morgan fingerprint density at radius 3 is 2.32 bits per heavy atom. The van der Waals surface area contributed by atoms with E-state index in [1.54, 1.807) is 30.0 Å². The first-order valence-corrected chi connectivity index (χ1v) is 7.48. The monoisotopic (exact) mass is 311 g/mol. The minimum atomic E-state index is -0.213.